The molecular formula is C17H24N2O4. The van der Waals surface area contributed by atoms with E-state index in [9.17, 15) is 14.4 Å². The molecule has 1 amide bonds. The summed E-state index contributed by atoms with van der Waals surface area (Å²) in [6.45, 7) is 6.79. The Balaban J connectivity index is 2.43. The molecule has 0 N–H and O–H groups in total. The van der Waals surface area contributed by atoms with Crippen molar-refractivity contribution in [3.8, 4) is 0 Å². The standard InChI is InChI=1S/C17H24N2O4/c1-9-14(10(2)18(5)15(9)17(22)23-6)16(21)11(3)19(12(4)20)13-7-8-13/h11,13H,7-8H2,1-6H3/t11-/m1/s1. The second-order valence-corrected chi connectivity index (χ2v) is 6.18. The van der Waals surface area contributed by atoms with Gasteiger partial charge in [0.1, 0.15) is 5.69 Å². The van der Waals surface area contributed by atoms with Crippen LogP contribution in [0.1, 0.15) is 58.8 Å². The number of nitrogens with zero attached hydrogens (tertiary/aromatic N) is 2. The molecule has 0 bridgehead atoms. The van der Waals surface area contributed by atoms with Crippen LogP contribution in [0, 0.1) is 13.8 Å². The van der Waals surface area contributed by atoms with Crippen molar-refractivity contribution in [1.29, 1.82) is 0 Å². The van der Waals surface area contributed by atoms with Crippen LogP contribution in [0.25, 0.3) is 0 Å². The molecule has 1 atom stereocenters. The first kappa shape index (κ1) is 17.2. The lowest BCUT2D eigenvalue weighted by atomic mass is 9.99. The van der Waals surface area contributed by atoms with Gasteiger partial charge in [0.25, 0.3) is 0 Å². The van der Waals surface area contributed by atoms with Crippen molar-refractivity contribution in [3.05, 3.63) is 22.5 Å². The topological polar surface area (TPSA) is 68.6 Å². The smallest absolute Gasteiger partial charge is 0.354 e. The molecule has 0 aliphatic heterocycles. The van der Waals surface area contributed by atoms with Gasteiger partial charge in [-0.2, -0.15) is 0 Å². The molecule has 1 aromatic heterocycles. The fourth-order valence-corrected chi connectivity index (χ4v) is 3.26. The molecule has 0 unspecified atom stereocenters. The maximum atomic E-state index is 13.0. The summed E-state index contributed by atoms with van der Waals surface area (Å²) in [4.78, 5) is 38.5. The molecule has 0 aromatic carbocycles. The summed E-state index contributed by atoms with van der Waals surface area (Å²) in [6, 6.07) is -0.374. The average Bonchev–Trinajstić information content (AvgIpc) is 3.27. The quantitative estimate of drug-likeness (QED) is 0.615. The lowest BCUT2D eigenvalue weighted by Gasteiger charge is -2.27. The molecular weight excluding hydrogens is 296 g/mol. The van der Waals surface area contributed by atoms with Crippen LogP contribution >= 0.6 is 0 Å². The highest BCUT2D eigenvalue weighted by atomic mass is 16.5. The van der Waals surface area contributed by atoms with Gasteiger partial charge in [0.2, 0.25) is 5.91 Å². The fraction of sp³-hybridized carbons (Fsp3) is 0.588. The lowest BCUT2D eigenvalue weighted by Crippen LogP contribution is -2.43. The molecule has 6 heteroatoms. The van der Waals surface area contributed by atoms with E-state index in [1.165, 1.54) is 14.0 Å². The summed E-state index contributed by atoms with van der Waals surface area (Å²) in [7, 11) is 3.05. The summed E-state index contributed by atoms with van der Waals surface area (Å²) < 4.78 is 6.48. The highest BCUT2D eigenvalue weighted by Gasteiger charge is 2.38. The van der Waals surface area contributed by atoms with Crippen LogP contribution in [-0.4, -0.2) is 46.3 Å². The molecule has 0 radical (unpaired) electrons. The van der Waals surface area contributed by atoms with Crippen LogP contribution < -0.4 is 0 Å². The van der Waals surface area contributed by atoms with E-state index >= 15 is 0 Å². The van der Waals surface area contributed by atoms with Gasteiger partial charge in [0.05, 0.1) is 13.2 Å². The fourth-order valence-electron chi connectivity index (χ4n) is 3.26. The van der Waals surface area contributed by atoms with Crippen molar-refractivity contribution >= 4 is 17.7 Å². The Morgan fingerprint density at radius 3 is 2.26 bits per heavy atom. The van der Waals surface area contributed by atoms with Crippen LogP contribution in [0.15, 0.2) is 0 Å². The second kappa shape index (κ2) is 6.18. The van der Waals surface area contributed by atoms with E-state index < -0.39 is 12.0 Å². The van der Waals surface area contributed by atoms with Gasteiger partial charge in [-0.1, -0.05) is 0 Å². The van der Waals surface area contributed by atoms with Crippen LogP contribution in [0.4, 0.5) is 0 Å². The van der Waals surface area contributed by atoms with E-state index in [-0.39, 0.29) is 17.7 Å². The Bertz CT molecular complexity index is 671. The maximum absolute atomic E-state index is 13.0. The normalized spacial score (nSPS) is 15.2. The molecule has 2 rings (SSSR count). The number of hydrogen-bond acceptors (Lipinski definition) is 4. The van der Waals surface area contributed by atoms with E-state index in [0.717, 1.165) is 12.8 Å². The first-order valence-corrected chi connectivity index (χ1v) is 7.79. The van der Waals surface area contributed by atoms with Gasteiger partial charge in [-0.3, -0.25) is 9.59 Å². The number of rotatable bonds is 5. The van der Waals surface area contributed by atoms with Gasteiger partial charge in [0, 0.05) is 31.3 Å². The minimum Gasteiger partial charge on any atom is -0.464 e. The number of ketones is 1. The Hall–Kier alpha value is -2.11. The van der Waals surface area contributed by atoms with E-state index in [1.807, 2.05) is 0 Å². The van der Waals surface area contributed by atoms with E-state index in [1.54, 1.807) is 37.3 Å². The SMILES string of the molecule is COC(=O)c1c(C)c(C(=O)[C@@H](C)N(C(C)=O)C2CC2)c(C)n1C. The molecule has 0 spiro atoms. The van der Waals surface area contributed by atoms with Crippen LogP contribution in [0.2, 0.25) is 0 Å². The number of carbonyl (C=O) groups is 3. The molecule has 1 aliphatic rings. The summed E-state index contributed by atoms with van der Waals surface area (Å²) >= 11 is 0. The third-order valence-corrected chi connectivity index (χ3v) is 4.66. The van der Waals surface area contributed by atoms with Crippen molar-refractivity contribution in [2.24, 2.45) is 7.05 Å². The van der Waals surface area contributed by atoms with E-state index in [2.05, 4.69) is 0 Å². The predicted molar refractivity (Wildman–Crippen MR) is 85.6 cm³/mol. The van der Waals surface area contributed by atoms with Gasteiger partial charge >= 0.3 is 5.97 Å². The zero-order chi connectivity index (χ0) is 17.5. The number of carbonyl (C=O) groups excluding carboxylic acids is 3. The molecule has 1 heterocycles. The molecule has 0 saturated heterocycles. The molecule has 1 aliphatic carbocycles. The summed E-state index contributed by atoms with van der Waals surface area (Å²) in [5, 5.41) is 0. The zero-order valence-corrected chi connectivity index (χ0v) is 14.6. The minimum atomic E-state index is -0.537. The van der Waals surface area contributed by atoms with Crippen molar-refractivity contribution in [2.75, 3.05) is 7.11 Å². The summed E-state index contributed by atoms with van der Waals surface area (Å²) in [5.74, 6) is -0.689. The third-order valence-electron chi connectivity index (χ3n) is 4.66. The maximum Gasteiger partial charge on any atom is 0.354 e. The monoisotopic (exact) mass is 320 g/mol. The Morgan fingerprint density at radius 1 is 1.26 bits per heavy atom. The van der Waals surface area contributed by atoms with Crippen LogP contribution in [0.3, 0.4) is 0 Å². The van der Waals surface area contributed by atoms with Crippen molar-refractivity contribution in [2.45, 2.75) is 52.6 Å². The van der Waals surface area contributed by atoms with Gasteiger partial charge in [0.15, 0.2) is 5.78 Å². The minimum absolute atomic E-state index is 0.0900. The van der Waals surface area contributed by atoms with Gasteiger partial charge in [-0.15, -0.1) is 0 Å². The Labute approximate surface area is 136 Å². The number of hydrogen-bond donors (Lipinski definition) is 0. The number of Topliss-reactive ketones (excluding diaryl/α,β-unsaturated/α-hetero) is 1. The highest BCUT2D eigenvalue weighted by Crippen LogP contribution is 2.31. The lowest BCUT2D eigenvalue weighted by molar-refractivity contribution is -0.130. The van der Waals surface area contributed by atoms with Gasteiger partial charge in [-0.25, -0.2) is 4.79 Å². The first-order valence-electron chi connectivity index (χ1n) is 7.79. The van der Waals surface area contributed by atoms with E-state index in [4.69, 9.17) is 4.74 Å². The van der Waals surface area contributed by atoms with Gasteiger partial charge in [-0.05, 0) is 39.2 Å². The molecule has 6 nitrogen and oxygen atoms in total. The number of aromatic nitrogens is 1. The van der Waals surface area contributed by atoms with Crippen molar-refractivity contribution in [1.82, 2.24) is 9.47 Å². The van der Waals surface area contributed by atoms with Crippen LogP contribution in [-0.2, 0) is 16.6 Å². The summed E-state index contributed by atoms with van der Waals surface area (Å²) in [6.07, 6.45) is 1.88. The largest absolute Gasteiger partial charge is 0.464 e. The Kier molecular flexibility index (Phi) is 4.63. The zero-order valence-electron chi connectivity index (χ0n) is 14.6. The first-order chi connectivity index (χ1) is 10.7. The Morgan fingerprint density at radius 2 is 1.83 bits per heavy atom. The number of amides is 1. The van der Waals surface area contributed by atoms with E-state index in [0.29, 0.717) is 22.5 Å². The molecule has 1 fully saturated rings. The third kappa shape index (κ3) is 2.90. The number of esters is 1. The molecule has 1 aromatic rings. The number of ether oxygens (including phenoxy) is 1. The van der Waals surface area contributed by atoms with Crippen molar-refractivity contribution in [3.63, 3.8) is 0 Å². The number of methoxy groups -OCH3 is 1. The summed E-state index contributed by atoms with van der Waals surface area (Å²) in [5.41, 5.74) is 2.20. The molecule has 1 saturated carbocycles. The molecule has 23 heavy (non-hydrogen) atoms. The van der Waals surface area contributed by atoms with Gasteiger partial charge < -0.3 is 14.2 Å². The average molecular weight is 320 g/mol. The predicted octanol–water partition coefficient (Wildman–Crippen LogP) is 2.01. The second-order valence-electron chi connectivity index (χ2n) is 6.18. The highest BCUT2D eigenvalue weighted by molar-refractivity contribution is 6.06. The molecule has 126 valence electrons. The van der Waals surface area contributed by atoms with Crippen LogP contribution in [0.5, 0.6) is 0 Å². The van der Waals surface area contributed by atoms with Crippen molar-refractivity contribution < 1.29 is 19.1 Å².